The van der Waals surface area contributed by atoms with E-state index in [4.69, 9.17) is 14.6 Å². The molecule has 0 radical (unpaired) electrons. The predicted octanol–water partition coefficient (Wildman–Crippen LogP) is 5.80. The van der Waals surface area contributed by atoms with E-state index in [0.29, 0.717) is 41.7 Å². The number of hydrogen-bond acceptors (Lipinski definition) is 6. The van der Waals surface area contributed by atoms with Crippen molar-refractivity contribution in [1.82, 2.24) is 0 Å². The van der Waals surface area contributed by atoms with Crippen molar-refractivity contribution < 1.29 is 29.6 Å². The molecule has 6 nitrogen and oxygen atoms in total. The highest BCUT2D eigenvalue weighted by Gasteiger charge is 2.52. The Bertz CT molecular complexity index is 1220. The summed E-state index contributed by atoms with van der Waals surface area (Å²) in [7, 11) is 0. The summed E-state index contributed by atoms with van der Waals surface area (Å²) in [6.07, 6.45) is 8.99. The van der Waals surface area contributed by atoms with E-state index in [9.17, 15) is 15.0 Å². The van der Waals surface area contributed by atoms with Gasteiger partial charge in [-0.05, 0) is 84.8 Å². The minimum absolute atomic E-state index is 0.0102. The molecule has 0 spiro atoms. The van der Waals surface area contributed by atoms with Gasteiger partial charge in [0.1, 0.15) is 18.3 Å². The van der Waals surface area contributed by atoms with Gasteiger partial charge in [-0.3, -0.25) is 0 Å². The molecule has 4 fully saturated rings. The lowest BCUT2D eigenvalue weighted by Gasteiger charge is -2.45. The molecule has 0 bridgehead atoms. The largest absolute Gasteiger partial charge is 0.458 e. The monoisotopic (exact) mass is 576 g/mol. The Morgan fingerprint density at radius 2 is 1.90 bits per heavy atom. The topological polar surface area (TPSA) is 96.2 Å². The van der Waals surface area contributed by atoms with E-state index in [1.165, 1.54) is 12.0 Å². The van der Waals surface area contributed by atoms with E-state index < -0.39 is 18.3 Å². The fourth-order valence-corrected chi connectivity index (χ4v) is 8.58. The normalized spacial score (nSPS) is 37.7. The van der Waals surface area contributed by atoms with Crippen LogP contribution < -0.4 is 0 Å². The van der Waals surface area contributed by atoms with Gasteiger partial charge in [-0.15, -0.1) is 0 Å². The number of carbonyl (C=O) groups excluding carboxylic acids is 1. The van der Waals surface area contributed by atoms with Gasteiger partial charge < -0.3 is 24.8 Å². The zero-order valence-corrected chi connectivity index (χ0v) is 25.2. The van der Waals surface area contributed by atoms with Crippen LogP contribution in [-0.2, 0) is 14.3 Å². The molecular weight excluding hydrogens is 528 g/mol. The number of ether oxygens (including phenoxy) is 2. The number of fused-ring (bicyclic) bond motifs is 1. The molecule has 0 amide bonds. The van der Waals surface area contributed by atoms with Crippen LogP contribution in [0, 0.1) is 23.2 Å². The van der Waals surface area contributed by atoms with E-state index in [1.807, 2.05) is 18.2 Å². The van der Waals surface area contributed by atoms with E-state index in [2.05, 4.69) is 51.3 Å². The van der Waals surface area contributed by atoms with Gasteiger partial charge in [-0.2, -0.15) is 0 Å². The number of rotatable bonds is 9. The minimum atomic E-state index is -0.967. The van der Waals surface area contributed by atoms with Crippen LogP contribution in [0.5, 0.6) is 0 Å². The molecule has 42 heavy (non-hydrogen) atoms. The third kappa shape index (κ3) is 5.96. The molecule has 3 aliphatic carbocycles. The Labute approximate surface area is 250 Å². The van der Waals surface area contributed by atoms with Gasteiger partial charge >= 0.3 is 5.97 Å². The van der Waals surface area contributed by atoms with Crippen LogP contribution in [0.15, 0.2) is 77.9 Å². The lowest BCUT2D eigenvalue weighted by Crippen LogP contribution is -2.45. The standard InChI is InChI=1S/C36H48O6/c1-22(20-31-32(24(3)35(40)42-31)26-10-6-5-7-11-26)28-15-16-29-25(12-8-17-36(28,29)4)13-14-27-21-30(38)34(33(39)23(27)2)41-19-9-18-37/h5-7,10-11,13-14,22,28-34,37-39H,2-3,8-9,12,15-21H2,1,4H3/b25-13+,27-14-/t22-,28-,29+,30-,31+,32-,33-,34+,36-/m1/s1. The molecule has 1 aliphatic heterocycles. The highest BCUT2D eigenvalue weighted by Crippen LogP contribution is 2.60. The highest BCUT2D eigenvalue weighted by atomic mass is 16.6. The first kappa shape index (κ1) is 30.9. The van der Waals surface area contributed by atoms with Crippen molar-refractivity contribution >= 4 is 5.97 Å². The van der Waals surface area contributed by atoms with Crippen molar-refractivity contribution in [2.75, 3.05) is 13.2 Å². The molecule has 0 unspecified atom stereocenters. The molecule has 6 heteroatoms. The predicted molar refractivity (Wildman–Crippen MR) is 164 cm³/mol. The number of hydrogen-bond donors (Lipinski definition) is 3. The van der Waals surface area contributed by atoms with Gasteiger partial charge in [0.2, 0.25) is 0 Å². The Kier molecular flexibility index (Phi) is 9.58. The van der Waals surface area contributed by atoms with Crippen LogP contribution in [0.3, 0.4) is 0 Å². The minimum Gasteiger partial charge on any atom is -0.458 e. The number of cyclic esters (lactones) is 1. The van der Waals surface area contributed by atoms with Crippen LogP contribution >= 0.6 is 0 Å². The Morgan fingerprint density at radius 1 is 1.14 bits per heavy atom. The van der Waals surface area contributed by atoms with Gasteiger partial charge in [0, 0.05) is 25.2 Å². The Morgan fingerprint density at radius 3 is 2.64 bits per heavy atom. The van der Waals surface area contributed by atoms with Crippen molar-refractivity contribution in [3.05, 3.63) is 83.5 Å². The van der Waals surface area contributed by atoms with Crippen molar-refractivity contribution in [1.29, 1.82) is 0 Å². The molecular formula is C36H48O6. The van der Waals surface area contributed by atoms with Crippen LogP contribution in [0.4, 0.5) is 0 Å². The second-order valence-corrected chi connectivity index (χ2v) is 13.3. The average molecular weight is 577 g/mol. The molecule has 3 saturated carbocycles. The van der Waals surface area contributed by atoms with Gasteiger partial charge in [0.05, 0.1) is 12.0 Å². The first-order chi connectivity index (χ1) is 20.2. The van der Waals surface area contributed by atoms with Crippen LogP contribution in [0.25, 0.3) is 0 Å². The summed E-state index contributed by atoms with van der Waals surface area (Å²) in [6, 6.07) is 10.1. The molecule has 1 aromatic rings. The third-order valence-electron chi connectivity index (χ3n) is 10.8. The number of aliphatic hydroxyl groups is 3. The average Bonchev–Trinajstić information content (AvgIpc) is 3.47. The Balaban J connectivity index is 1.28. The van der Waals surface area contributed by atoms with Crippen LogP contribution in [-0.4, -0.2) is 58.9 Å². The summed E-state index contributed by atoms with van der Waals surface area (Å²) in [5.41, 5.74) is 4.76. The summed E-state index contributed by atoms with van der Waals surface area (Å²) < 4.78 is 11.6. The fourth-order valence-electron chi connectivity index (χ4n) is 8.58. The summed E-state index contributed by atoms with van der Waals surface area (Å²) in [6.45, 7) is 13.3. The molecule has 3 N–H and O–H groups in total. The lowest BCUT2D eigenvalue weighted by atomic mass is 9.60. The number of esters is 1. The molecule has 9 atom stereocenters. The van der Waals surface area contributed by atoms with Gasteiger partial charge in [0.15, 0.2) is 0 Å². The first-order valence-corrected chi connectivity index (χ1v) is 15.8. The third-order valence-corrected chi connectivity index (χ3v) is 10.8. The maximum Gasteiger partial charge on any atom is 0.334 e. The molecule has 228 valence electrons. The van der Waals surface area contributed by atoms with E-state index in [1.54, 1.807) is 0 Å². The second kappa shape index (κ2) is 13.0. The molecule has 1 aromatic carbocycles. The van der Waals surface area contributed by atoms with Crippen molar-refractivity contribution in [2.24, 2.45) is 23.2 Å². The number of allylic oxidation sites excluding steroid dienone is 3. The molecule has 4 aliphatic rings. The summed E-state index contributed by atoms with van der Waals surface area (Å²) >= 11 is 0. The zero-order chi connectivity index (χ0) is 30.0. The maximum absolute atomic E-state index is 12.6. The van der Waals surface area contributed by atoms with Gasteiger partial charge in [-0.25, -0.2) is 4.79 Å². The molecule has 0 aromatic heterocycles. The van der Waals surface area contributed by atoms with Crippen molar-refractivity contribution in [3.63, 3.8) is 0 Å². The Hall–Kier alpha value is -2.51. The fraction of sp³-hybridized carbons (Fsp3) is 0.583. The van der Waals surface area contributed by atoms with Crippen molar-refractivity contribution in [2.45, 2.75) is 95.5 Å². The molecule has 5 rings (SSSR count). The van der Waals surface area contributed by atoms with E-state index >= 15 is 0 Å². The smallest absolute Gasteiger partial charge is 0.334 e. The maximum atomic E-state index is 12.6. The zero-order valence-electron chi connectivity index (χ0n) is 25.2. The van der Waals surface area contributed by atoms with Crippen molar-refractivity contribution in [3.8, 4) is 0 Å². The SMILES string of the molecule is C=C1/C(=C\C=C2/CCC[C@]3(C)[C@@H]([C@H](C)C[C@@H]4OC(=O)C(=C)[C@@H]4c4ccccc4)CC[C@@H]23)C[C@@H](O)[C@H](OCCCO)[C@@H]1O. The quantitative estimate of drug-likeness (QED) is 0.196. The van der Waals surface area contributed by atoms with E-state index in [-0.39, 0.29) is 36.6 Å². The number of carbonyl (C=O) groups is 1. The summed E-state index contributed by atoms with van der Waals surface area (Å²) in [4.78, 5) is 12.6. The van der Waals surface area contributed by atoms with Crippen LogP contribution in [0.2, 0.25) is 0 Å². The lowest BCUT2D eigenvalue weighted by molar-refractivity contribution is -0.139. The molecule has 1 heterocycles. The number of benzene rings is 1. The number of aliphatic hydroxyl groups excluding tert-OH is 3. The molecule has 1 saturated heterocycles. The highest BCUT2D eigenvalue weighted by molar-refractivity contribution is 5.92. The second-order valence-electron chi connectivity index (χ2n) is 13.3. The van der Waals surface area contributed by atoms with E-state index in [0.717, 1.165) is 43.2 Å². The summed E-state index contributed by atoms with van der Waals surface area (Å²) in [5, 5.41) is 30.5. The summed E-state index contributed by atoms with van der Waals surface area (Å²) in [5.74, 6) is 1.07. The van der Waals surface area contributed by atoms with Gasteiger partial charge in [-0.1, -0.05) is 75.1 Å². The van der Waals surface area contributed by atoms with Gasteiger partial charge in [0.25, 0.3) is 0 Å². The van der Waals surface area contributed by atoms with Crippen LogP contribution in [0.1, 0.15) is 76.7 Å². The first-order valence-electron chi connectivity index (χ1n) is 15.8.